The molecule has 2 aromatic carbocycles. The Balaban J connectivity index is 1.33. The highest BCUT2D eigenvalue weighted by molar-refractivity contribution is 5.96. The fourth-order valence-corrected chi connectivity index (χ4v) is 3.26. The summed E-state index contributed by atoms with van der Waals surface area (Å²) >= 11 is 0. The normalized spacial score (nSPS) is 16.6. The summed E-state index contributed by atoms with van der Waals surface area (Å²) < 4.78 is 11.1. The van der Waals surface area contributed by atoms with Gasteiger partial charge >= 0.3 is 0 Å². The summed E-state index contributed by atoms with van der Waals surface area (Å²) in [6.45, 7) is 3.66. The van der Waals surface area contributed by atoms with Crippen LogP contribution in [0.2, 0.25) is 0 Å². The molecule has 2 heterocycles. The van der Waals surface area contributed by atoms with Crippen molar-refractivity contribution in [3.63, 3.8) is 0 Å². The lowest BCUT2D eigenvalue weighted by Gasteiger charge is -2.19. The molecule has 4 rings (SSSR count). The number of fused-ring (bicyclic) bond motifs is 1. The molecule has 128 valence electrons. The van der Waals surface area contributed by atoms with Crippen LogP contribution in [0.25, 0.3) is 5.57 Å². The van der Waals surface area contributed by atoms with Crippen molar-refractivity contribution in [2.75, 3.05) is 32.8 Å². The molecule has 2 aromatic rings. The summed E-state index contributed by atoms with van der Waals surface area (Å²) in [5.74, 6) is 1.54. The summed E-state index contributed by atoms with van der Waals surface area (Å²) in [7, 11) is 0. The highest BCUT2D eigenvalue weighted by Crippen LogP contribution is 2.31. The largest absolute Gasteiger partial charge is 0.486 e. The lowest BCUT2D eigenvalue weighted by atomic mass is 10.1. The van der Waals surface area contributed by atoms with Gasteiger partial charge in [0.05, 0.1) is 0 Å². The van der Waals surface area contributed by atoms with Gasteiger partial charge in [0.15, 0.2) is 17.3 Å². The molecule has 0 N–H and O–H groups in total. The highest BCUT2D eigenvalue weighted by Gasteiger charge is 2.18. The van der Waals surface area contributed by atoms with Crippen molar-refractivity contribution in [3.8, 4) is 11.5 Å². The summed E-state index contributed by atoms with van der Waals surface area (Å²) in [4.78, 5) is 14.8. The van der Waals surface area contributed by atoms with E-state index < -0.39 is 0 Å². The van der Waals surface area contributed by atoms with Gasteiger partial charge in [-0.3, -0.25) is 9.69 Å². The third kappa shape index (κ3) is 3.59. The molecule has 0 unspecified atom stereocenters. The Morgan fingerprint density at radius 3 is 2.64 bits per heavy atom. The molecule has 2 aliphatic rings. The van der Waals surface area contributed by atoms with Crippen LogP contribution >= 0.6 is 0 Å². The first kappa shape index (κ1) is 15.9. The van der Waals surface area contributed by atoms with Crippen LogP contribution in [0.4, 0.5) is 0 Å². The molecule has 0 amide bonds. The fourth-order valence-electron chi connectivity index (χ4n) is 3.26. The zero-order valence-corrected chi connectivity index (χ0v) is 14.1. The monoisotopic (exact) mass is 335 g/mol. The molecule has 0 bridgehead atoms. The van der Waals surface area contributed by atoms with Gasteiger partial charge in [-0.15, -0.1) is 0 Å². The van der Waals surface area contributed by atoms with E-state index in [1.165, 1.54) is 11.1 Å². The molecule has 25 heavy (non-hydrogen) atoms. The van der Waals surface area contributed by atoms with Gasteiger partial charge in [-0.1, -0.05) is 36.4 Å². The maximum absolute atomic E-state index is 12.5. The number of benzene rings is 2. The molecule has 4 heteroatoms. The van der Waals surface area contributed by atoms with Crippen molar-refractivity contribution in [2.24, 2.45) is 0 Å². The predicted molar refractivity (Wildman–Crippen MR) is 97.2 cm³/mol. The number of rotatable bonds is 5. The number of ether oxygens (including phenoxy) is 2. The lowest BCUT2D eigenvalue weighted by Crippen LogP contribution is -2.24. The molecular formula is C21H21NO3. The zero-order valence-electron chi connectivity index (χ0n) is 14.1. The van der Waals surface area contributed by atoms with E-state index in [4.69, 9.17) is 9.47 Å². The predicted octanol–water partition coefficient (Wildman–Crippen LogP) is 3.43. The Morgan fingerprint density at radius 2 is 1.80 bits per heavy atom. The van der Waals surface area contributed by atoms with Crippen molar-refractivity contribution in [3.05, 3.63) is 65.7 Å². The maximum Gasteiger partial charge on any atom is 0.164 e. The van der Waals surface area contributed by atoms with Gasteiger partial charge in [-0.25, -0.2) is 0 Å². The average Bonchev–Trinajstić information content (AvgIpc) is 3.15. The van der Waals surface area contributed by atoms with Crippen molar-refractivity contribution < 1.29 is 14.3 Å². The van der Waals surface area contributed by atoms with Crippen LogP contribution in [0.3, 0.4) is 0 Å². The molecule has 0 aliphatic carbocycles. The second-order valence-corrected chi connectivity index (χ2v) is 6.36. The Kier molecular flexibility index (Phi) is 4.53. The van der Waals surface area contributed by atoms with Gasteiger partial charge in [0.2, 0.25) is 0 Å². The topological polar surface area (TPSA) is 38.8 Å². The van der Waals surface area contributed by atoms with E-state index in [1.807, 2.05) is 18.2 Å². The third-order valence-electron chi connectivity index (χ3n) is 4.65. The van der Waals surface area contributed by atoms with Crippen LogP contribution < -0.4 is 9.47 Å². The van der Waals surface area contributed by atoms with Crippen molar-refractivity contribution >= 4 is 11.4 Å². The van der Waals surface area contributed by atoms with Crippen LogP contribution in [0, 0.1) is 0 Å². The minimum atomic E-state index is 0.144. The van der Waals surface area contributed by atoms with E-state index in [2.05, 4.69) is 35.2 Å². The second kappa shape index (κ2) is 7.11. The minimum Gasteiger partial charge on any atom is -0.486 e. The van der Waals surface area contributed by atoms with E-state index in [0.29, 0.717) is 30.9 Å². The second-order valence-electron chi connectivity index (χ2n) is 6.36. The quantitative estimate of drug-likeness (QED) is 0.785. The standard InChI is InChI=1S/C21H21NO3/c23-19(17-6-7-20-21(14-17)25-13-12-24-20)9-11-22-10-8-18(15-22)16-4-2-1-3-5-16/h1-8,14H,9-13,15H2. The van der Waals surface area contributed by atoms with Gasteiger partial charge in [0.1, 0.15) is 13.2 Å². The van der Waals surface area contributed by atoms with Crippen LogP contribution in [0.1, 0.15) is 22.3 Å². The molecule has 0 spiro atoms. The molecule has 2 aliphatic heterocycles. The van der Waals surface area contributed by atoms with Crippen molar-refractivity contribution in [2.45, 2.75) is 6.42 Å². The smallest absolute Gasteiger partial charge is 0.164 e. The van der Waals surface area contributed by atoms with Gasteiger partial charge in [0.25, 0.3) is 0 Å². The summed E-state index contributed by atoms with van der Waals surface area (Å²) in [5.41, 5.74) is 3.30. The number of carbonyl (C=O) groups excluding carboxylic acids is 1. The molecule has 0 fully saturated rings. The zero-order chi connectivity index (χ0) is 17.1. The van der Waals surface area contributed by atoms with Crippen LogP contribution in [0.5, 0.6) is 11.5 Å². The average molecular weight is 335 g/mol. The maximum atomic E-state index is 12.5. The first-order chi connectivity index (χ1) is 12.3. The Bertz CT molecular complexity index is 798. The van der Waals surface area contributed by atoms with Crippen LogP contribution in [-0.2, 0) is 0 Å². The highest BCUT2D eigenvalue weighted by atomic mass is 16.6. The van der Waals surface area contributed by atoms with E-state index in [1.54, 1.807) is 6.07 Å². The van der Waals surface area contributed by atoms with Gasteiger partial charge in [0, 0.05) is 31.6 Å². The number of Topliss-reactive ketones (excluding diaryl/α,β-unsaturated/α-hetero) is 1. The van der Waals surface area contributed by atoms with Crippen molar-refractivity contribution in [1.82, 2.24) is 4.90 Å². The first-order valence-corrected chi connectivity index (χ1v) is 8.69. The van der Waals surface area contributed by atoms with E-state index in [0.717, 1.165) is 25.4 Å². The van der Waals surface area contributed by atoms with Crippen LogP contribution in [-0.4, -0.2) is 43.5 Å². The molecular weight excluding hydrogens is 314 g/mol. The van der Waals surface area contributed by atoms with E-state index in [-0.39, 0.29) is 5.78 Å². The Hall–Kier alpha value is -2.59. The number of nitrogens with zero attached hydrogens (tertiary/aromatic N) is 1. The summed E-state index contributed by atoms with van der Waals surface area (Å²) in [5, 5.41) is 0. The number of carbonyl (C=O) groups is 1. The van der Waals surface area contributed by atoms with Crippen LogP contribution in [0.15, 0.2) is 54.6 Å². The SMILES string of the molecule is O=C(CCN1CC=C(c2ccccc2)C1)c1ccc2c(c1)OCCO2. The van der Waals surface area contributed by atoms with E-state index in [9.17, 15) is 4.79 Å². The molecule has 0 aromatic heterocycles. The van der Waals surface area contributed by atoms with Gasteiger partial charge in [-0.2, -0.15) is 0 Å². The number of hydrogen-bond donors (Lipinski definition) is 0. The van der Waals surface area contributed by atoms with Gasteiger partial charge in [-0.05, 0) is 29.3 Å². The van der Waals surface area contributed by atoms with Crippen molar-refractivity contribution in [1.29, 1.82) is 0 Å². The summed E-state index contributed by atoms with van der Waals surface area (Å²) in [6, 6.07) is 15.9. The molecule has 0 atom stereocenters. The Morgan fingerprint density at radius 1 is 1.00 bits per heavy atom. The molecule has 0 radical (unpaired) electrons. The minimum absolute atomic E-state index is 0.144. The lowest BCUT2D eigenvalue weighted by molar-refractivity contribution is 0.0968. The number of ketones is 1. The molecule has 0 saturated carbocycles. The van der Waals surface area contributed by atoms with Gasteiger partial charge < -0.3 is 9.47 Å². The van der Waals surface area contributed by atoms with E-state index >= 15 is 0 Å². The Labute approximate surface area is 147 Å². The third-order valence-corrected chi connectivity index (χ3v) is 4.65. The fraction of sp³-hybridized carbons (Fsp3) is 0.286. The molecule has 0 saturated heterocycles. The number of hydrogen-bond acceptors (Lipinski definition) is 4. The molecule has 4 nitrogen and oxygen atoms in total. The summed E-state index contributed by atoms with van der Waals surface area (Å²) in [6.07, 6.45) is 2.76. The first-order valence-electron chi connectivity index (χ1n) is 8.69.